The van der Waals surface area contributed by atoms with E-state index in [-0.39, 0.29) is 0 Å². The largest absolute Gasteiger partial charge is 0.363 e. The highest BCUT2D eigenvalue weighted by atomic mass is 79.9. The minimum atomic E-state index is -0.516. The summed E-state index contributed by atoms with van der Waals surface area (Å²) in [6.07, 6.45) is 0. The molecule has 152 valence electrons. The molecule has 0 spiro atoms. The van der Waals surface area contributed by atoms with Gasteiger partial charge >= 0.3 is 5.97 Å². The van der Waals surface area contributed by atoms with Gasteiger partial charge in [-0.05, 0) is 75.2 Å². The van der Waals surface area contributed by atoms with Crippen molar-refractivity contribution in [3.05, 3.63) is 107 Å². The van der Waals surface area contributed by atoms with E-state index in [0.717, 1.165) is 10.8 Å². The molecule has 31 heavy (non-hydrogen) atoms. The number of nitrogens with one attached hydrogen (secondary N) is 1. The fourth-order valence-corrected chi connectivity index (χ4v) is 3.31. The van der Waals surface area contributed by atoms with Gasteiger partial charge in [0.15, 0.2) is 0 Å². The summed E-state index contributed by atoms with van der Waals surface area (Å²) in [7, 11) is 0. The molecule has 1 N–H and O–H groups in total. The molecule has 1 amide bonds. The molecule has 0 aromatic heterocycles. The van der Waals surface area contributed by atoms with Gasteiger partial charge in [0.2, 0.25) is 0 Å². The Morgan fingerprint density at radius 3 is 2.29 bits per heavy atom. The van der Waals surface area contributed by atoms with Gasteiger partial charge in [-0.3, -0.25) is 4.79 Å². The molecule has 0 radical (unpaired) electrons. The van der Waals surface area contributed by atoms with Crippen LogP contribution >= 0.6 is 15.9 Å². The van der Waals surface area contributed by atoms with E-state index in [2.05, 4.69) is 31.6 Å². The van der Waals surface area contributed by atoms with Gasteiger partial charge in [0, 0.05) is 10.0 Å². The van der Waals surface area contributed by atoms with Gasteiger partial charge in [-0.15, -0.1) is 10.2 Å². The standard InChI is InChI=1S/C24H16BrN3O3/c25-22-8-4-3-7-21(22)24(30)31-28-20-13-11-19(12-14-20)26-27-23(29)18-10-9-16-5-1-2-6-17(16)15-18/h1-15,28H. The summed E-state index contributed by atoms with van der Waals surface area (Å²) in [6, 6.07) is 26.8. The summed E-state index contributed by atoms with van der Waals surface area (Å²) < 4.78 is 0.647. The quantitative estimate of drug-likeness (QED) is 0.258. The molecule has 6 nitrogen and oxygen atoms in total. The summed E-state index contributed by atoms with van der Waals surface area (Å²) in [5.41, 5.74) is 4.53. The number of fused-ring (bicyclic) bond motifs is 1. The number of carbonyl (C=O) groups excluding carboxylic acids is 2. The van der Waals surface area contributed by atoms with E-state index in [9.17, 15) is 9.59 Å². The lowest BCUT2D eigenvalue weighted by Gasteiger charge is -2.07. The number of halogens is 1. The van der Waals surface area contributed by atoms with Gasteiger partial charge in [0.1, 0.15) is 0 Å². The number of anilines is 1. The average Bonchev–Trinajstić information content (AvgIpc) is 2.81. The number of hydrogen-bond acceptors (Lipinski definition) is 5. The van der Waals surface area contributed by atoms with Crippen LogP contribution in [0.4, 0.5) is 11.4 Å². The maximum Gasteiger partial charge on any atom is 0.363 e. The Labute approximate surface area is 186 Å². The minimum absolute atomic E-state index is 0.410. The highest BCUT2D eigenvalue weighted by Gasteiger charge is 2.11. The Bertz CT molecular complexity index is 1290. The number of rotatable bonds is 5. The number of azo groups is 1. The number of carbonyl (C=O) groups is 2. The maximum absolute atomic E-state index is 12.3. The van der Waals surface area contributed by atoms with Crippen LogP contribution in [0.1, 0.15) is 20.7 Å². The predicted octanol–water partition coefficient (Wildman–Crippen LogP) is 6.71. The molecule has 7 heteroatoms. The van der Waals surface area contributed by atoms with Crippen molar-refractivity contribution in [2.24, 2.45) is 10.2 Å². The lowest BCUT2D eigenvalue weighted by molar-refractivity contribution is 0.0595. The van der Waals surface area contributed by atoms with Crippen LogP contribution in [0.5, 0.6) is 0 Å². The normalized spacial score (nSPS) is 10.9. The summed E-state index contributed by atoms with van der Waals surface area (Å²) >= 11 is 3.31. The van der Waals surface area contributed by atoms with E-state index in [1.807, 2.05) is 36.4 Å². The second-order valence-electron chi connectivity index (χ2n) is 6.59. The van der Waals surface area contributed by atoms with E-state index in [4.69, 9.17) is 4.84 Å². The Kier molecular flexibility index (Phi) is 6.14. The van der Waals surface area contributed by atoms with Crippen LogP contribution in [0, 0.1) is 0 Å². The highest BCUT2D eigenvalue weighted by Crippen LogP contribution is 2.20. The second kappa shape index (κ2) is 9.32. The first-order valence-corrected chi connectivity index (χ1v) is 10.2. The molecular formula is C24H16BrN3O3. The van der Waals surface area contributed by atoms with Crippen molar-refractivity contribution in [1.29, 1.82) is 0 Å². The molecule has 0 atom stereocenters. The Balaban J connectivity index is 1.37. The van der Waals surface area contributed by atoms with Crippen LogP contribution in [-0.4, -0.2) is 11.9 Å². The zero-order valence-corrected chi connectivity index (χ0v) is 17.7. The Morgan fingerprint density at radius 1 is 0.806 bits per heavy atom. The molecule has 0 aliphatic heterocycles. The monoisotopic (exact) mass is 473 g/mol. The minimum Gasteiger partial charge on any atom is -0.338 e. The maximum atomic E-state index is 12.3. The van der Waals surface area contributed by atoms with Gasteiger partial charge in [-0.25, -0.2) is 10.3 Å². The molecule has 4 aromatic carbocycles. The highest BCUT2D eigenvalue weighted by molar-refractivity contribution is 9.10. The SMILES string of the molecule is O=C(N=Nc1ccc(NOC(=O)c2ccccc2Br)cc1)c1ccc2ccccc2c1. The Hall–Kier alpha value is -3.84. The first-order chi connectivity index (χ1) is 15.1. The molecule has 0 aliphatic rings. The van der Waals surface area contributed by atoms with Crippen LogP contribution in [-0.2, 0) is 4.84 Å². The molecule has 0 saturated carbocycles. The molecule has 4 aromatic rings. The number of benzene rings is 4. The topological polar surface area (TPSA) is 80.1 Å². The smallest absolute Gasteiger partial charge is 0.338 e. The van der Waals surface area contributed by atoms with Crippen molar-refractivity contribution in [3.63, 3.8) is 0 Å². The van der Waals surface area contributed by atoms with E-state index in [1.165, 1.54) is 0 Å². The van der Waals surface area contributed by atoms with Crippen molar-refractivity contribution in [2.75, 3.05) is 5.48 Å². The lowest BCUT2D eigenvalue weighted by atomic mass is 10.1. The summed E-state index contributed by atoms with van der Waals surface area (Å²) in [5, 5.41) is 9.82. The van der Waals surface area contributed by atoms with Gasteiger partial charge in [0.25, 0.3) is 5.91 Å². The summed E-state index contributed by atoms with van der Waals surface area (Å²) in [6.45, 7) is 0. The van der Waals surface area contributed by atoms with Crippen molar-refractivity contribution in [3.8, 4) is 0 Å². The third-order valence-corrected chi connectivity index (χ3v) is 5.17. The van der Waals surface area contributed by atoms with Crippen LogP contribution < -0.4 is 5.48 Å². The molecular weight excluding hydrogens is 458 g/mol. The molecule has 0 unspecified atom stereocenters. The van der Waals surface area contributed by atoms with Crippen LogP contribution in [0.2, 0.25) is 0 Å². The summed E-state index contributed by atoms with van der Waals surface area (Å²) in [4.78, 5) is 29.5. The van der Waals surface area contributed by atoms with Gasteiger partial charge in [0.05, 0.1) is 16.9 Å². The molecule has 0 saturated heterocycles. The first-order valence-electron chi connectivity index (χ1n) is 9.37. The average molecular weight is 474 g/mol. The van der Waals surface area contributed by atoms with Crippen molar-refractivity contribution < 1.29 is 14.4 Å². The molecule has 4 rings (SSSR count). The zero-order chi connectivity index (χ0) is 21.6. The van der Waals surface area contributed by atoms with E-state index in [1.54, 1.807) is 54.6 Å². The third-order valence-electron chi connectivity index (χ3n) is 4.48. The zero-order valence-electron chi connectivity index (χ0n) is 16.2. The predicted molar refractivity (Wildman–Crippen MR) is 122 cm³/mol. The number of amides is 1. The molecule has 0 heterocycles. The number of hydrogen-bond donors (Lipinski definition) is 1. The Morgan fingerprint density at radius 2 is 1.52 bits per heavy atom. The van der Waals surface area contributed by atoms with E-state index >= 15 is 0 Å². The van der Waals surface area contributed by atoms with E-state index < -0.39 is 11.9 Å². The van der Waals surface area contributed by atoms with Crippen LogP contribution in [0.3, 0.4) is 0 Å². The fourth-order valence-electron chi connectivity index (χ4n) is 2.87. The summed E-state index contributed by atoms with van der Waals surface area (Å²) in [5.74, 6) is -0.937. The molecule has 0 aliphatic carbocycles. The van der Waals surface area contributed by atoms with Crippen molar-refractivity contribution in [1.82, 2.24) is 0 Å². The molecule has 0 fully saturated rings. The fraction of sp³-hybridized carbons (Fsp3) is 0. The van der Waals surface area contributed by atoms with Crippen molar-refractivity contribution in [2.45, 2.75) is 0 Å². The van der Waals surface area contributed by atoms with Gasteiger partial charge < -0.3 is 4.84 Å². The van der Waals surface area contributed by atoms with Crippen LogP contribution in [0.25, 0.3) is 10.8 Å². The van der Waals surface area contributed by atoms with Crippen LogP contribution in [0.15, 0.2) is 106 Å². The lowest BCUT2D eigenvalue weighted by Crippen LogP contribution is -2.11. The van der Waals surface area contributed by atoms with Gasteiger partial charge in [-0.1, -0.05) is 42.5 Å². The number of nitrogens with zero attached hydrogens (tertiary/aromatic N) is 2. The van der Waals surface area contributed by atoms with Gasteiger partial charge in [-0.2, -0.15) is 0 Å². The second-order valence-corrected chi connectivity index (χ2v) is 7.44. The first kappa shape index (κ1) is 20.4. The molecule has 0 bridgehead atoms. The third kappa shape index (κ3) is 5.02. The van der Waals surface area contributed by atoms with Crippen molar-refractivity contribution >= 4 is 50.0 Å². The van der Waals surface area contributed by atoms with E-state index in [0.29, 0.717) is 27.0 Å².